The summed E-state index contributed by atoms with van der Waals surface area (Å²) in [6.07, 6.45) is 0.169. The van der Waals surface area contributed by atoms with Crippen LogP contribution in [0.2, 0.25) is 0 Å². The summed E-state index contributed by atoms with van der Waals surface area (Å²) in [5.74, 6) is -0.249. The number of carbonyl (C=O) groups is 1. The zero-order chi connectivity index (χ0) is 14.4. The van der Waals surface area contributed by atoms with Crippen LogP contribution in [0.15, 0.2) is 24.3 Å². The molecule has 0 aromatic heterocycles. The van der Waals surface area contributed by atoms with E-state index in [4.69, 9.17) is 5.11 Å². The van der Waals surface area contributed by atoms with Gasteiger partial charge < -0.3 is 14.9 Å². The number of nitrogens with zero attached hydrogens (tertiary/aromatic N) is 2. The predicted molar refractivity (Wildman–Crippen MR) is 80.1 cm³/mol. The molecule has 0 unspecified atom stereocenters. The van der Waals surface area contributed by atoms with Crippen LogP contribution < -0.4 is 9.80 Å². The van der Waals surface area contributed by atoms with E-state index in [9.17, 15) is 4.79 Å². The van der Waals surface area contributed by atoms with Gasteiger partial charge in [0, 0.05) is 38.6 Å². The van der Waals surface area contributed by atoms with Crippen molar-refractivity contribution in [2.75, 3.05) is 37.0 Å². The Labute approximate surface area is 115 Å². The first kappa shape index (κ1) is 15.3. The van der Waals surface area contributed by atoms with Crippen LogP contribution in [0.25, 0.3) is 0 Å². The highest BCUT2D eigenvalue weighted by molar-refractivity contribution is 5.68. The first-order valence-corrected chi connectivity index (χ1v) is 6.64. The maximum Gasteiger partial charge on any atom is 0.305 e. The molecule has 0 amide bonds. The maximum absolute atomic E-state index is 10.7. The standard InChI is InChI=1S/C15H24N2O2/c1-12(2)11-17(10-9-15(18)19)14-7-5-13(6-8-14)16(3)4/h5-8,12H,9-11H2,1-4H3,(H,18,19). The number of benzene rings is 1. The molecule has 4 heteroatoms. The van der Waals surface area contributed by atoms with Crippen LogP contribution in [0, 0.1) is 5.92 Å². The van der Waals surface area contributed by atoms with Crippen molar-refractivity contribution in [3.8, 4) is 0 Å². The van der Waals surface area contributed by atoms with Gasteiger partial charge in [0.1, 0.15) is 0 Å². The number of carboxylic acid groups (broad SMARTS) is 1. The summed E-state index contributed by atoms with van der Waals surface area (Å²) < 4.78 is 0. The van der Waals surface area contributed by atoms with Crippen molar-refractivity contribution in [1.82, 2.24) is 0 Å². The first-order valence-electron chi connectivity index (χ1n) is 6.64. The largest absolute Gasteiger partial charge is 0.481 e. The lowest BCUT2D eigenvalue weighted by Gasteiger charge is -2.26. The van der Waals surface area contributed by atoms with Crippen LogP contribution in [0.1, 0.15) is 20.3 Å². The van der Waals surface area contributed by atoms with E-state index < -0.39 is 5.97 Å². The van der Waals surface area contributed by atoms with Crippen LogP contribution in [0.4, 0.5) is 11.4 Å². The van der Waals surface area contributed by atoms with Gasteiger partial charge in [0.25, 0.3) is 0 Å². The number of rotatable bonds is 7. The van der Waals surface area contributed by atoms with Gasteiger partial charge in [-0.15, -0.1) is 0 Å². The van der Waals surface area contributed by atoms with Gasteiger partial charge in [0.15, 0.2) is 0 Å². The summed E-state index contributed by atoms with van der Waals surface area (Å²) in [4.78, 5) is 14.9. The van der Waals surface area contributed by atoms with E-state index in [2.05, 4.69) is 43.0 Å². The molecular weight excluding hydrogens is 240 g/mol. The highest BCUT2D eigenvalue weighted by Crippen LogP contribution is 2.20. The Morgan fingerprint density at radius 3 is 2.11 bits per heavy atom. The van der Waals surface area contributed by atoms with Gasteiger partial charge in [0.2, 0.25) is 0 Å². The van der Waals surface area contributed by atoms with Crippen LogP contribution in [0.3, 0.4) is 0 Å². The average Bonchev–Trinajstić information content (AvgIpc) is 2.34. The Morgan fingerprint density at radius 2 is 1.68 bits per heavy atom. The number of hydrogen-bond donors (Lipinski definition) is 1. The molecule has 1 aromatic carbocycles. The topological polar surface area (TPSA) is 43.8 Å². The predicted octanol–water partition coefficient (Wildman–Crippen LogP) is 2.69. The molecule has 0 heterocycles. The summed E-state index contributed by atoms with van der Waals surface area (Å²) in [7, 11) is 4.01. The molecule has 0 spiro atoms. The van der Waals surface area contributed by atoms with E-state index in [1.807, 2.05) is 19.0 Å². The third-order valence-corrected chi connectivity index (χ3v) is 2.91. The lowest BCUT2D eigenvalue weighted by atomic mass is 10.1. The summed E-state index contributed by atoms with van der Waals surface area (Å²) in [5.41, 5.74) is 2.23. The monoisotopic (exact) mass is 264 g/mol. The second kappa shape index (κ2) is 7.02. The van der Waals surface area contributed by atoms with Gasteiger partial charge in [-0.3, -0.25) is 4.79 Å². The Balaban J connectivity index is 2.80. The SMILES string of the molecule is CC(C)CN(CCC(=O)O)c1ccc(N(C)C)cc1. The molecule has 0 radical (unpaired) electrons. The van der Waals surface area contributed by atoms with Gasteiger partial charge in [-0.25, -0.2) is 0 Å². The van der Waals surface area contributed by atoms with Crippen LogP contribution >= 0.6 is 0 Å². The highest BCUT2D eigenvalue weighted by Gasteiger charge is 2.10. The van der Waals surface area contributed by atoms with Gasteiger partial charge in [-0.05, 0) is 30.2 Å². The minimum atomic E-state index is -0.751. The molecule has 4 nitrogen and oxygen atoms in total. The molecule has 106 valence electrons. The fourth-order valence-corrected chi connectivity index (χ4v) is 1.96. The minimum absolute atomic E-state index is 0.169. The average molecular weight is 264 g/mol. The van der Waals surface area contributed by atoms with Crippen LogP contribution in [0.5, 0.6) is 0 Å². The van der Waals surface area contributed by atoms with E-state index in [0.717, 1.165) is 17.9 Å². The summed E-state index contributed by atoms with van der Waals surface area (Å²) in [6, 6.07) is 8.23. The van der Waals surface area contributed by atoms with Crippen molar-refractivity contribution in [2.45, 2.75) is 20.3 Å². The molecule has 19 heavy (non-hydrogen) atoms. The molecule has 0 aliphatic heterocycles. The minimum Gasteiger partial charge on any atom is -0.481 e. The van der Waals surface area contributed by atoms with Crippen molar-refractivity contribution >= 4 is 17.3 Å². The van der Waals surface area contributed by atoms with E-state index >= 15 is 0 Å². The lowest BCUT2D eigenvalue weighted by molar-refractivity contribution is -0.136. The Hall–Kier alpha value is -1.71. The zero-order valence-corrected chi connectivity index (χ0v) is 12.3. The molecule has 1 aromatic rings. The molecule has 0 aliphatic rings. The smallest absolute Gasteiger partial charge is 0.305 e. The third kappa shape index (κ3) is 5.20. The first-order chi connectivity index (χ1) is 8.90. The van der Waals surface area contributed by atoms with Crippen molar-refractivity contribution in [3.63, 3.8) is 0 Å². The van der Waals surface area contributed by atoms with Crippen molar-refractivity contribution < 1.29 is 9.90 Å². The molecule has 1 rings (SSSR count). The highest BCUT2D eigenvalue weighted by atomic mass is 16.4. The maximum atomic E-state index is 10.7. The summed E-state index contributed by atoms with van der Waals surface area (Å²) in [5, 5.41) is 8.83. The Morgan fingerprint density at radius 1 is 1.16 bits per heavy atom. The van der Waals surface area contributed by atoms with Crippen LogP contribution in [-0.2, 0) is 4.79 Å². The third-order valence-electron chi connectivity index (χ3n) is 2.91. The van der Waals surface area contributed by atoms with Crippen molar-refractivity contribution in [2.24, 2.45) is 5.92 Å². The Bertz CT molecular complexity index is 399. The number of carboxylic acids is 1. The molecule has 1 N–H and O–H groups in total. The molecular formula is C15H24N2O2. The molecule has 0 saturated heterocycles. The number of hydrogen-bond acceptors (Lipinski definition) is 3. The van der Waals surface area contributed by atoms with Gasteiger partial charge in [0.05, 0.1) is 6.42 Å². The number of anilines is 2. The van der Waals surface area contributed by atoms with Gasteiger partial charge in [-0.2, -0.15) is 0 Å². The summed E-state index contributed by atoms with van der Waals surface area (Å²) >= 11 is 0. The lowest BCUT2D eigenvalue weighted by Crippen LogP contribution is -2.30. The second-order valence-corrected chi connectivity index (χ2v) is 5.39. The van der Waals surface area contributed by atoms with Gasteiger partial charge >= 0.3 is 5.97 Å². The molecule has 0 aliphatic carbocycles. The van der Waals surface area contributed by atoms with E-state index in [0.29, 0.717) is 12.5 Å². The van der Waals surface area contributed by atoms with E-state index in [1.165, 1.54) is 0 Å². The van der Waals surface area contributed by atoms with E-state index in [-0.39, 0.29) is 6.42 Å². The molecule has 0 bridgehead atoms. The molecule has 0 saturated carbocycles. The summed E-state index contributed by atoms with van der Waals surface area (Å²) in [6.45, 7) is 5.70. The second-order valence-electron chi connectivity index (χ2n) is 5.39. The van der Waals surface area contributed by atoms with E-state index in [1.54, 1.807) is 0 Å². The van der Waals surface area contributed by atoms with Crippen molar-refractivity contribution in [3.05, 3.63) is 24.3 Å². The van der Waals surface area contributed by atoms with Crippen LogP contribution in [-0.4, -0.2) is 38.3 Å². The Kier molecular flexibility index (Phi) is 5.67. The number of aliphatic carboxylic acids is 1. The fourth-order valence-electron chi connectivity index (χ4n) is 1.96. The van der Waals surface area contributed by atoms with Gasteiger partial charge in [-0.1, -0.05) is 13.8 Å². The fraction of sp³-hybridized carbons (Fsp3) is 0.533. The quantitative estimate of drug-likeness (QED) is 0.822. The normalized spacial score (nSPS) is 10.6. The molecule has 0 fully saturated rings. The molecule has 0 atom stereocenters. The van der Waals surface area contributed by atoms with Crippen molar-refractivity contribution in [1.29, 1.82) is 0 Å². The zero-order valence-electron chi connectivity index (χ0n) is 12.3.